The number of hydrogen-bond donors (Lipinski definition) is 0. The van der Waals surface area contributed by atoms with Crippen molar-refractivity contribution in [1.29, 1.82) is 0 Å². The Kier molecular flexibility index (Phi) is 3.93. The van der Waals surface area contributed by atoms with Gasteiger partial charge >= 0.3 is 0 Å². The first-order valence-electron chi connectivity index (χ1n) is 4.92. The Labute approximate surface area is 94.5 Å². The van der Waals surface area contributed by atoms with Crippen molar-refractivity contribution in [3.8, 4) is 0 Å². The topological polar surface area (TPSA) is 15.6 Å². The molecule has 0 atom stereocenters. The Bertz CT molecular complexity index is 280. The molecule has 1 rings (SSSR count). The molecule has 0 aromatic heterocycles. The van der Waals surface area contributed by atoms with Crippen LogP contribution < -0.4 is 0 Å². The van der Waals surface area contributed by atoms with Crippen molar-refractivity contribution in [2.24, 2.45) is 4.99 Å². The van der Waals surface area contributed by atoms with Crippen LogP contribution in [-0.4, -0.2) is 21.6 Å². The maximum atomic E-state index is 4.33. The summed E-state index contributed by atoms with van der Waals surface area (Å²) in [6.07, 6.45) is 6.09. The zero-order valence-electron chi connectivity index (χ0n) is 9.16. The van der Waals surface area contributed by atoms with Gasteiger partial charge in [-0.15, -0.1) is 0 Å². The van der Waals surface area contributed by atoms with Crippen LogP contribution in [0.5, 0.6) is 0 Å². The molecule has 0 saturated carbocycles. The van der Waals surface area contributed by atoms with Crippen LogP contribution in [0.2, 0.25) is 0 Å². The molecule has 14 heavy (non-hydrogen) atoms. The van der Waals surface area contributed by atoms with E-state index in [4.69, 9.17) is 0 Å². The summed E-state index contributed by atoms with van der Waals surface area (Å²) in [6.45, 7) is 8.76. The molecule has 0 spiro atoms. The molecular formula is C11H17BrN2. The quantitative estimate of drug-likeness (QED) is 0.757. The molecule has 1 heterocycles. The van der Waals surface area contributed by atoms with E-state index in [9.17, 15) is 0 Å². The van der Waals surface area contributed by atoms with Gasteiger partial charge in [-0.1, -0.05) is 0 Å². The highest BCUT2D eigenvalue weighted by Crippen LogP contribution is 2.15. The van der Waals surface area contributed by atoms with E-state index in [1.54, 1.807) is 0 Å². The number of allylic oxidation sites excluding steroid dienone is 2. The lowest BCUT2D eigenvalue weighted by Gasteiger charge is -2.29. The smallest absolute Gasteiger partial charge is 0.106 e. The van der Waals surface area contributed by atoms with Gasteiger partial charge in [0.15, 0.2) is 0 Å². The first kappa shape index (κ1) is 11.5. The molecule has 0 aromatic carbocycles. The molecule has 0 N–H and O–H groups in total. The minimum absolute atomic E-state index is 0.505. The van der Waals surface area contributed by atoms with Crippen LogP contribution in [0.4, 0.5) is 0 Å². The fraction of sp³-hybridized carbons (Fsp3) is 0.545. The average molecular weight is 257 g/mol. The van der Waals surface area contributed by atoms with Crippen molar-refractivity contribution in [2.75, 3.05) is 0 Å². The lowest BCUT2D eigenvalue weighted by molar-refractivity contribution is 0.254. The third-order valence-electron chi connectivity index (χ3n) is 2.10. The molecule has 0 bridgehead atoms. The summed E-state index contributed by atoms with van der Waals surface area (Å²) in [7, 11) is 0. The number of nitrogens with zero attached hydrogens (tertiary/aromatic N) is 2. The van der Waals surface area contributed by atoms with E-state index >= 15 is 0 Å². The molecular weight excluding hydrogens is 240 g/mol. The van der Waals surface area contributed by atoms with Gasteiger partial charge in [0.1, 0.15) is 4.62 Å². The molecule has 0 radical (unpaired) electrons. The van der Waals surface area contributed by atoms with E-state index in [2.05, 4.69) is 59.7 Å². The molecule has 0 amide bonds. The minimum Gasteiger partial charge on any atom is -0.371 e. The normalized spacial score (nSPS) is 18.5. The summed E-state index contributed by atoms with van der Waals surface area (Å²) in [5.74, 6) is 0. The van der Waals surface area contributed by atoms with E-state index in [1.807, 2.05) is 12.2 Å². The Morgan fingerprint density at radius 1 is 1.21 bits per heavy atom. The monoisotopic (exact) mass is 256 g/mol. The predicted octanol–water partition coefficient (Wildman–Crippen LogP) is 3.31. The average Bonchev–Trinajstić information content (AvgIpc) is 2.46. The highest BCUT2D eigenvalue weighted by molar-refractivity contribution is 9.18. The van der Waals surface area contributed by atoms with E-state index in [-0.39, 0.29) is 0 Å². The zero-order valence-corrected chi connectivity index (χ0v) is 10.7. The van der Waals surface area contributed by atoms with Crippen LogP contribution in [0.3, 0.4) is 0 Å². The standard InChI is InChI=1S/C11H17BrN2/c1-8(2)14(9(3)4)7-10-5-6-11(12)13-10/h5-9H,1-4H3/b10-7+. The van der Waals surface area contributed by atoms with Crippen LogP contribution in [-0.2, 0) is 0 Å². The Morgan fingerprint density at radius 2 is 1.79 bits per heavy atom. The largest absolute Gasteiger partial charge is 0.371 e. The Morgan fingerprint density at radius 3 is 2.14 bits per heavy atom. The Hall–Kier alpha value is -0.570. The summed E-state index contributed by atoms with van der Waals surface area (Å²) in [5.41, 5.74) is 1.01. The summed E-state index contributed by atoms with van der Waals surface area (Å²) < 4.78 is 0.899. The summed E-state index contributed by atoms with van der Waals surface area (Å²) in [5, 5.41) is 0. The molecule has 3 heteroatoms. The van der Waals surface area contributed by atoms with Gasteiger partial charge in [0, 0.05) is 18.3 Å². The van der Waals surface area contributed by atoms with Gasteiger partial charge in [0.05, 0.1) is 5.70 Å². The van der Waals surface area contributed by atoms with E-state index in [0.29, 0.717) is 12.1 Å². The maximum Gasteiger partial charge on any atom is 0.106 e. The van der Waals surface area contributed by atoms with Crippen LogP contribution in [0, 0.1) is 0 Å². The van der Waals surface area contributed by atoms with Gasteiger partial charge < -0.3 is 4.90 Å². The highest BCUT2D eigenvalue weighted by atomic mass is 79.9. The number of halogens is 1. The molecule has 0 fully saturated rings. The molecule has 1 aliphatic rings. The second-order valence-electron chi connectivity index (χ2n) is 3.96. The highest BCUT2D eigenvalue weighted by Gasteiger charge is 2.10. The number of aliphatic imine (C=N–C) groups is 1. The molecule has 0 saturated heterocycles. The zero-order chi connectivity index (χ0) is 10.7. The van der Waals surface area contributed by atoms with Crippen molar-refractivity contribution < 1.29 is 0 Å². The van der Waals surface area contributed by atoms with Crippen molar-refractivity contribution in [3.05, 3.63) is 24.0 Å². The van der Waals surface area contributed by atoms with E-state index in [1.165, 1.54) is 0 Å². The fourth-order valence-corrected chi connectivity index (χ4v) is 1.81. The van der Waals surface area contributed by atoms with Gasteiger partial charge in [0.25, 0.3) is 0 Å². The van der Waals surface area contributed by atoms with E-state index < -0.39 is 0 Å². The van der Waals surface area contributed by atoms with Crippen molar-refractivity contribution in [3.63, 3.8) is 0 Å². The van der Waals surface area contributed by atoms with Gasteiger partial charge in [-0.3, -0.25) is 0 Å². The molecule has 0 aliphatic carbocycles. The summed E-state index contributed by atoms with van der Waals surface area (Å²) in [6, 6.07) is 1.01. The molecule has 2 nitrogen and oxygen atoms in total. The van der Waals surface area contributed by atoms with Gasteiger partial charge in [0.2, 0.25) is 0 Å². The number of rotatable bonds is 3. The minimum atomic E-state index is 0.505. The van der Waals surface area contributed by atoms with Crippen molar-refractivity contribution in [1.82, 2.24) is 4.90 Å². The second-order valence-corrected chi connectivity index (χ2v) is 4.77. The SMILES string of the molecule is CC(C)N(/C=C1\C=CC(Br)=N1)C(C)C. The lowest BCUT2D eigenvalue weighted by Crippen LogP contribution is -2.32. The van der Waals surface area contributed by atoms with Crippen LogP contribution in [0.1, 0.15) is 27.7 Å². The molecule has 1 aliphatic heterocycles. The summed E-state index contributed by atoms with van der Waals surface area (Å²) >= 11 is 3.35. The first-order chi connectivity index (χ1) is 6.50. The molecule has 0 unspecified atom stereocenters. The first-order valence-corrected chi connectivity index (χ1v) is 5.71. The third kappa shape index (κ3) is 2.98. The maximum absolute atomic E-state index is 4.33. The Balaban J connectivity index is 2.78. The van der Waals surface area contributed by atoms with Gasteiger partial charge in [-0.2, -0.15) is 0 Å². The van der Waals surface area contributed by atoms with Crippen LogP contribution in [0.15, 0.2) is 29.0 Å². The lowest BCUT2D eigenvalue weighted by atomic mass is 10.2. The third-order valence-corrected chi connectivity index (χ3v) is 2.54. The van der Waals surface area contributed by atoms with Crippen molar-refractivity contribution in [2.45, 2.75) is 39.8 Å². The van der Waals surface area contributed by atoms with E-state index in [0.717, 1.165) is 10.3 Å². The van der Waals surface area contributed by atoms with Crippen LogP contribution >= 0.6 is 15.9 Å². The molecule has 0 aromatic rings. The van der Waals surface area contributed by atoms with Crippen LogP contribution in [0.25, 0.3) is 0 Å². The number of hydrogen-bond acceptors (Lipinski definition) is 2. The molecule has 78 valence electrons. The van der Waals surface area contributed by atoms with Gasteiger partial charge in [-0.05, 0) is 55.8 Å². The second kappa shape index (κ2) is 4.78. The van der Waals surface area contributed by atoms with Crippen molar-refractivity contribution >= 4 is 20.6 Å². The van der Waals surface area contributed by atoms with Gasteiger partial charge in [-0.25, -0.2) is 4.99 Å². The predicted molar refractivity (Wildman–Crippen MR) is 65.7 cm³/mol. The summed E-state index contributed by atoms with van der Waals surface area (Å²) in [4.78, 5) is 6.64. The fourth-order valence-electron chi connectivity index (χ4n) is 1.47.